The number of pyridine rings is 3. The lowest BCUT2D eigenvalue weighted by atomic mass is 10.1. The van der Waals surface area contributed by atoms with Crippen LogP contribution in [-0.2, 0) is 12.8 Å². The maximum atomic E-state index is 6.21. The standard InChI is InChI=1S/C26H24N8O2/c1-17-6-9-23(26(29-17)21-5-3-4-13-27-21)36-20-12-14-28-25(16-20)30-19-8-10-22(35-2)18(15-19)7-11-24-31-33-34-32-24/h3-6,8-10,12-16H,7,11H2,1-2H3,(H,28,30)(H,31,32,33,34). The lowest BCUT2D eigenvalue weighted by molar-refractivity contribution is 0.409. The van der Waals surface area contributed by atoms with Crippen LogP contribution in [0.2, 0.25) is 0 Å². The molecule has 0 fully saturated rings. The maximum Gasteiger partial charge on any atom is 0.174 e. The lowest BCUT2D eigenvalue weighted by Gasteiger charge is -2.13. The topological polar surface area (TPSA) is 124 Å². The molecular formula is C26H24N8O2. The Labute approximate surface area is 207 Å². The molecule has 0 spiro atoms. The molecule has 10 heteroatoms. The normalized spacial score (nSPS) is 10.7. The summed E-state index contributed by atoms with van der Waals surface area (Å²) in [6.45, 7) is 1.94. The van der Waals surface area contributed by atoms with Crippen molar-refractivity contribution >= 4 is 11.5 Å². The number of hydrogen-bond donors (Lipinski definition) is 2. The number of benzene rings is 1. The quantitative estimate of drug-likeness (QED) is 0.309. The molecule has 0 aliphatic heterocycles. The second-order valence-corrected chi connectivity index (χ2v) is 7.97. The van der Waals surface area contributed by atoms with Crippen molar-refractivity contribution in [2.75, 3.05) is 12.4 Å². The number of hydrogen-bond acceptors (Lipinski definition) is 9. The van der Waals surface area contributed by atoms with Crippen molar-refractivity contribution in [2.45, 2.75) is 19.8 Å². The SMILES string of the molecule is COc1ccc(Nc2cc(Oc3ccc(C)nc3-c3ccccn3)ccn2)cc1CCc1nn[nH]n1. The zero-order chi connectivity index (χ0) is 24.7. The zero-order valence-corrected chi connectivity index (χ0v) is 19.8. The van der Waals surface area contributed by atoms with E-state index in [1.165, 1.54) is 0 Å². The Morgan fingerprint density at radius 1 is 0.917 bits per heavy atom. The number of aryl methyl sites for hydroxylation is 3. The number of methoxy groups -OCH3 is 1. The van der Waals surface area contributed by atoms with Gasteiger partial charge in [-0.15, -0.1) is 10.2 Å². The highest BCUT2D eigenvalue weighted by Crippen LogP contribution is 2.32. The summed E-state index contributed by atoms with van der Waals surface area (Å²) in [7, 11) is 1.65. The molecule has 4 aromatic heterocycles. The van der Waals surface area contributed by atoms with Crippen molar-refractivity contribution in [1.29, 1.82) is 0 Å². The molecule has 5 aromatic rings. The fraction of sp³-hybridized carbons (Fsp3) is 0.154. The number of aromatic amines is 1. The average molecular weight is 481 g/mol. The first kappa shape index (κ1) is 22.9. The van der Waals surface area contributed by atoms with Crippen LogP contribution in [0.5, 0.6) is 17.2 Å². The summed E-state index contributed by atoms with van der Waals surface area (Å²) in [5, 5.41) is 17.5. The molecule has 0 amide bonds. The minimum absolute atomic E-state index is 0.615. The first-order valence-electron chi connectivity index (χ1n) is 11.4. The molecule has 0 bridgehead atoms. The van der Waals surface area contributed by atoms with Crippen LogP contribution in [0.1, 0.15) is 17.1 Å². The minimum Gasteiger partial charge on any atom is -0.496 e. The average Bonchev–Trinajstić information content (AvgIpc) is 3.43. The summed E-state index contributed by atoms with van der Waals surface area (Å²) in [5.41, 5.74) is 4.20. The van der Waals surface area contributed by atoms with Gasteiger partial charge in [0.2, 0.25) is 0 Å². The van der Waals surface area contributed by atoms with Crippen LogP contribution in [0.25, 0.3) is 11.4 Å². The van der Waals surface area contributed by atoms with E-state index in [0.717, 1.165) is 28.4 Å². The predicted octanol–water partition coefficient (Wildman–Crippen LogP) is 4.69. The lowest BCUT2D eigenvalue weighted by Crippen LogP contribution is -2.00. The van der Waals surface area contributed by atoms with Gasteiger partial charge in [0.25, 0.3) is 0 Å². The highest BCUT2D eigenvalue weighted by molar-refractivity contribution is 5.64. The highest BCUT2D eigenvalue weighted by Gasteiger charge is 2.12. The van der Waals surface area contributed by atoms with E-state index in [9.17, 15) is 0 Å². The molecule has 0 unspecified atom stereocenters. The Bertz CT molecular complexity index is 1440. The summed E-state index contributed by atoms with van der Waals surface area (Å²) in [6.07, 6.45) is 4.77. The van der Waals surface area contributed by atoms with Crippen molar-refractivity contribution < 1.29 is 9.47 Å². The number of H-pyrrole nitrogens is 1. The molecule has 0 saturated carbocycles. The number of anilines is 2. The van der Waals surface area contributed by atoms with Crippen LogP contribution < -0.4 is 14.8 Å². The molecule has 4 heterocycles. The Morgan fingerprint density at radius 2 is 1.83 bits per heavy atom. The molecule has 0 aliphatic rings. The molecular weight excluding hydrogens is 456 g/mol. The van der Waals surface area contributed by atoms with E-state index in [4.69, 9.17) is 9.47 Å². The molecule has 0 atom stereocenters. The van der Waals surface area contributed by atoms with Crippen LogP contribution in [0.4, 0.5) is 11.5 Å². The fourth-order valence-corrected chi connectivity index (χ4v) is 3.72. The number of aromatic nitrogens is 7. The fourth-order valence-electron chi connectivity index (χ4n) is 3.72. The first-order chi connectivity index (χ1) is 17.7. The monoisotopic (exact) mass is 480 g/mol. The van der Waals surface area contributed by atoms with E-state index >= 15 is 0 Å². The van der Waals surface area contributed by atoms with Gasteiger partial charge < -0.3 is 14.8 Å². The van der Waals surface area contributed by atoms with Crippen LogP contribution in [-0.4, -0.2) is 42.7 Å². The van der Waals surface area contributed by atoms with Gasteiger partial charge in [-0.05, 0) is 67.4 Å². The second kappa shape index (κ2) is 10.6. The summed E-state index contributed by atoms with van der Waals surface area (Å²) < 4.78 is 11.7. The molecule has 0 radical (unpaired) electrons. The number of nitrogens with one attached hydrogen (secondary N) is 2. The largest absolute Gasteiger partial charge is 0.496 e. The van der Waals surface area contributed by atoms with Crippen LogP contribution in [0.15, 0.2) is 73.1 Å². The van der Waals surface area contributed by atoms with Gasteiger partial charge >= 0.3 is 0 Å². The Balaban J connectivity index is 1.35. The molecule has 0 aliphatic carbocycles. The summed E-state index contributed by atoms with van der Waals surface area (Å²) in [4.78, 5) is 13.5. The van der Waals surface area contributed by atoms with Gasteiger partial charge in [-0.2, -0.15) is 5.21 Å². The molecule has 180 valence electrons. The van der Waals surface area contributed by atoms with E-state index < -0.39 is 0 Å². The van der Waals surface area contributed by atoms with Crippen molar-refractivity contribution in [3.8, 4) is 28.6 Å². The third-order valence-corrected chi connectivity index (χ3v) is 5.42. The number of tetrazole rings is 1. The van der Waals surface area contributed by atoms with Crippen LogP contribution >= 0.6 is 0 Å². The maximum absolute atomic E-state index is 6.21. The van der Waals surface area contributed by atoms with Gasteiger partial charge in [0.1, 0.15) is 23.0 Å². The third kappa shape index (κ3) is 5.44. The second-order valence-electron chi connectivity index (χ2n) is 7.97. The molecule has 1 aromatic carbocycles. The summed E-state index contributed by atoms with van der Waals surface area (Å²) in [6, 6.07) is 19.1. The van der Waals surface area contributed by atoms with E-state index in [1.54, 1.807) is 25.6 Å². The number of ether oxygens (including phenoxy) is 2. The third-order valence-electron chi connectivity index (χ3n) is 5.42. The Kier molecular flexibility index (Phi) is 6.74. The number of nitrogens with zero attached hydrogens (tertiary/aromatic N) is 6. The molecule has 10 nitrogen and oxygen atoms in total. The molecule has 36 heavy (non-hydrogen) atoms. The van der Waals surface area contributed by atoms with Gasteiger partial charge in [-0.3, -0.25) is 4.98 Å². The van der Waals surface area contributed by atoms with Crippen molar-refractivity contribution in [2.24, 2.45) is 0 Å². The van der Waals surface area contributed by atoms with Gasteiger partial charge in [0.15, 0.2) is 11.6 Å². The van der Waals surface area contributed by atoms with Crippen molar-refractivity contribution in [3.63, 3.8) is 0 Å². The predicted molar refractivity (Wildman–Crippen MR) is 134 cm³/mol. The van der Waals surface area contributed by atoms with Crippen LogP contribution in [0.3, 0.4) is 0 Å². The zero-order valence-electron chi connectivity index (χ0n) is 19.8. The number of rotatable bonds is 9. The van der Waals surface area contributed by atoms with E-state index in [-0.39, 0.29) is 0 Å². The highest BCUT2D eigenvalue weighted by atomic mass is 16.5. The van der Waals surface area contributed by atoms with E-state index in [1.807, 2.05) is 61.5 Å². The van der Waals surface area contributed by atoms with Crippen molar-refractivity contribution in [1.82, 2.24) is 35.6 Å². The Morgan fingerprint density at radius 3 is 2.64 bits per heavy atom. The summed E-state index contributed by atoms with van der Waals surface area (Å²) in [5.74, 6) is 3.33. The first-order valence-corrected chi connectivity index (χ1v) is 11.4. The minimum atomic E-state index is 0.615. The van der Waals surface area contributed by atoms with Gasteiger partial charge in [0, 0.05) is 36.3 Å². The summed E-state index contributed by atoms with van der Waals surface area (Å²) >= 11 is 0. The molecule has 2 N–H and O–H groups in total. The van der Waals surface area contributed by atoms with E-state index in [0.29, 0.717) is 41.7 Å². The Hall–Kier alpha value is -4.86. The van der Waals surface area contributed by atoms with Gasteiger partial charge in [0.05, 0.1) is 12.8 Å². The molecule has 0 saturated heterocycles. The van der Waals surface area contributed by atoms with Crippen molar-refractivity contribution in [3.05, 3.63) is 90.1 Å². The van der Waals surface area contributed by atoms with Gasteiger partial charge in [-0.1, -0.05) is 11.3 Å². The smallest absolute Gasteiger partial charge is 0.174 e. The van der Waals surface area contributed by atoms with Crippen LogP contribution in [0, 0.1) is 6.92 Å². The van der Waals surface area contributed by atoms with Gasteiger partial charge in [-0.25, -0.2) is 9.97 Å². The van der Waals surface area contributed by atoms with E-state index in [2.05, 4.69) is 40.9 Å². The molecule has 5 rings (SSSR count).